The number of aromatic nitrogens is 5. The highest BCUT2D eigenvalue weighted by Gasteiger charge is 2.10. The molecule has 0 spiro atoms. The molecule has 0 saturated carbocycles. The smallest absolute Gasteiger partial charge is 0.254 e. The number of hydrogen-bond acceptors (Lipinski definition) is 4. The SMILES string of the molecule is O=C(NCc1ccc(-n2ccnc2)nc1)c1cnn(Cc2ccccc2Cl)c1. The van der Waals surface area contributed by atoms with Crippen LogP contribution in [-0.4, -0.2) is 30.2 Å². The fourth-order valence-electron chi connectivity index (χ4n) is 2.72. The van der Waals surface area contributed by atoms with E-state index in [1.165, 1.54) is 0 Å². The number of carbonyl (C=O) groups excluding carboxylic acids is 1. The number of imidazole rings is 1. The molecular formula is C20H17ClN6O. The third kappa shape index (κ3) is 4.10. The van der Waals surface area contributed by atoms with E-state index in [4.69, 9.17) is 11.6 Å². The van der Waals surface area contributed by atoms with E-state index in [2.05, 4.69) is 20.4 Å². The molecule has 3 aromatic heterocycles. The van der Waals surface area contributed by atoms with Crippen molar-refractivity contribution in [2.75, 3.05) is 0 Å². The number of benzene rings is 1. The zero-order chi connectivity index (χ0) is 19.3. The number of hydrogen-bond donors (Lipinski definition) is 1. The van der Waals surface area contributed by atoms with Gasteiger partial charge in [0.05, 0.1) is 18.3 Å². The number of carbonyl (C=O) groups is 1. The molecule has 3 heterocycles. The van der Waals surface area contributed by atoms with Crippen LogP contribution in [0.4, 0.5) is 0 Å². The number of rotatable bonds is 6. The summed E-state index contributed by atoms with van der Waals surface area (Å²) in [6.45, 7) is 0.887. The lowest BCUT2D eigenvalue weighted by molar-refractivity contribution is 0.0951. The lowest BCUT2D eigenvalue weighted by Gasteiger charge is -2.06. The molecule has 140 valence electrons. The van der Waals surface area contributed by atoms with Crippen LogP contribution in [0.3, 0.4) is 0 Å². The molecule has 8 heteroatoms. The lowest BCUT2D eigenvalue weighted by atomic mass is 10.2. The molecule has 1 amide bonds. The van der Waals surface area contributed by atoms with E-state index >= 15 is 0 Å². The Morgan fingerprint density at radius 2 is 2.04 bits per heavy atom. The monoisotopic (exact) mass is 392 g/mol. The molecule has 0 aliphatic heterocycles. The summed E-state index contributed by atoms with van der Waals surface area (Å²) < 4.78 is 3.51. The molecule has 0 aliphatic carbocycles. The Balaban J connectivity index is 1.35. The van der Waals surface area contributed by atoms with Gasteiger partial charge in [0.1, 0.15) is 12.1 Å². The fraction of sp³-hybridized carbons (Fsp3) is 0.100. The third-order valence-corrected chi connectivity index (χ3v) is 4.59. The molecule has 4 rings (SSSR count). The average Bonchev–Trinajstić information content (AvgIpc) is 3.41. The zero-order valence-corrected chi connectivity index (χ0v) is 15.6. The predicted molar refractivity (Wildman–Crippen MR) is 105 cm³/mol. The summed E-state index contributed by atoms with van der Waals surface area (Å²) in [6.07, 6.45) is 10.2. The van der Waals surface area contributed by atoms with Gasteiger partial charge in [-0.05, 0) is 23.3 Å². The van der Waals surface area contributed by atoms with Crippen molar-refractivity contribution >= 4 is 17.5 Å². The van der Waals surface area contributed by atoms with E-state index in [1.54, 1.807) is 35.8 Å². The van der Waals surface area contributed by atoms with Gasteiger partial charge in [0.15, 0.2) is 0 Å². The Hall–Kier alpha value is -3.45. The van der Waals surface area contributed by atoms with Crippen LogP contribution in [0.15, 0.2) is 73.7 Å². The minimum atomic E-state index is -0.191. The molecule has 0 atom stereocenters. The van der Waals surface area contributed by atoms with Crippen LogP contribution in [-0.2, 0) is 13.1 Å². The molecule has 0 fully saturated rings. The Bertz CT molecular complexity index is 1070. The second-order valence-electron chi connectivity index (χ2n) is 6.20. The van der Waals surface area contributed by atoms with Gasteiger partial charge >= 0.3 is 0 Å². The molecule has 1 aromatic carbocycles. The van der Waals surface area contributed by atoms with Crippen LogP contribution in [0.25, 0.3) is 5.82 Å². The third-order valence-electron chi connectivity index (χ3n) is 4.22. The van der Waals surface area contributed by atoms with Crippen LogP contribution >= 0.6 is 11.6 Å². The number of nitrogens with one attached hydrogen (secondary N) is 1. The summed E-state index contributed by atoms with van der Waals surface area (Å²) in [6, 6.07) is 11.4. The van der Waals surface area contributed by atoms with Crippen molar-refractivity contribution in [1.82, 2.24) is 29.6 Å². The van der Waals surface area contributed by atoms with Crippen LogP contribution in [0, 0.1) is 0 Å². The minimum Gasteiger partial charge on any atom is -0.348 e. The first kappa shape index (κ1) is 17.9. The van der Waals surface area contributed by atoms with Crippen LogP contribution in [0.5, 0.6) is 0 Å². The van der Waals surface area contributed by atoms with Gasteiger partial charge in [-0.3, -0.25) is 14.0 Å². The molecule has 0 aliphatic rings. The van der Waals surface area contributed by atoms with E-state index in [1.807, 2.05) is 47.2 Å². The van der Waals surface area contributed by atoms with Crippen LogP contribution in [0.2, 0.25) is 5.02 Å². The van der Waals surface area contributed by atoms with Gasteiger partial charge in [-0.2, -0.15) is 5.10 Å². The average molecular weight is 393 g/mol. The van der Waals surface area contributed by atoms with Gasteiger partial charge in [0.2, 0.25) is 0 Å². The Morgan fingerprint density at radius 3 is 2.79 bits per heavy atom. The summed E-state index contributed by atoms with van der Waals surface area (Å²) in [4.78, 5) is 20.8. The fourth-order valence-corrected chi connectivity index (χ4v) is 2.92. The number of amides is 1. The maximum Gasteiger partial charge on any atom is 0.254 e. The molecule has 4 aromatic rings. The predicted octanol–water partition coefficient (Wildman–Crippen LogP) is 3.10. The first-order valence-electron chi connectivity index (χ1n) is 8.66. The van der Waals surface area contributed by atoms with Gasteiger partial charge in [-0.25, -0.2) is 9.97 Å². The summed E-state index contributed by atoms with van der Waals surface area (Å²) >= 11 is 6.17. The minimum absolute atomic E-state index is 0.191. The molecule has 0 saturated heterocycles. The Labute approximate surface area is 166 Å². The molecule has 0 bridgehead atoms. The van der Waals surface area contributed by atoms with Gasteiger partial charge in [0.25, 0.3) is 5.91 Å². The summed E-state index contributed by atoms with van der Waals surface area (Å²) in [7, 11) is 0. The van der Waals surface area contributed by atoms with Crippen molar-refractivity contribution in [3.05, 3.63) is 95.4 Å². The topological polar surface area (TPSA) is 77.6 Å². The second kappa shape index (κ2) is 8.06. The largest absolute Gasteiger partial charge is 0.348 e. The number of nitrogens with zero attached hydrogens (tertiary/aromatic N) is 5. The first-order valence-corrected chi connectivity index (χ1v) is 9.04. The van der Waals surface area contributed by atoms with E-state index in [-0.39, 0.29) is 5.91 Å². The lowest BCUT2D eigenvalue weighted by Crippen LogP contribution is -2.22. The second-order valence-corrected chi connectivity index (χ2v) is 6.60. The highest BCUT2D eigenvalue weighted by atomic mass is 35.5. The van der Waals surface area contributed by atoms with E-state index in [0.717, 1.165) is 16.9 Å². The first-order chi connectivity index (χ1) is 13.7. The molecule has 28 heavy (non-hydrogen) atoms. The maximum atomic E-state index is 12.4. The van der Waals surface area contributed by atoms with Crippen molar-refractivity contribution in [2.45, 2.75) is 13.1 Å². The quantitative estimate of drug-likeness (QED) is 0.547. The Morgan fingerprint density at radius 1 is 1.14 bits per heavy atom. The van der Waals surface area contributed by atoms with Crippen molar-refractivity contribution < 1.29 is 4.79 Å². The van der Waals surface area contributed by atoms with Crippen molar-refractivity contribution in [2.24, 2.45) is 0 Å². The molecule has 0 radical (unpaired) electrons. The summed E-state index contributed by atoms with van der Waals surface area (Å²) in [5, 5.41) is 7.80. The normalized spacial score (nSPS) is 10.8. The standard InChI is InChI=1S/C20H17ClN6O/c21-18-4-2-1-3-16(18)12-27-13-17(11-25-27)20(28)24-10-15-5-6-19(23-9-15)26-8-7-22-14-26/h1-9,11,13-14H,10,12H2,(H,24,28). The van der Waals surface area contributed by atoms with Crippen LogP contribution < -0.4 is 5.32 Å². The summed E-state index contributed by atoms with van der Waals surface area (Å²) in [5.74, 6) is 0.581. The van der Waals surface area contributed by atoms with E-state index < -0.39 is 0 Å². The van der Waals surface area contributed by atoms with Gasteiger partial charge in [-0.15, -0.1) is 0 Å². The van der Waals surface area contributed by atoms with E-state index in [0.29, 0.717) is 23.7 Å². The zero-order valence-electron chi connectivity index (χ0n) is 14.9. The van der Waals surface area contributed by atoms with Crippen molar-refractivity contribution in [3.63, 3.8) is 0 Å². The van der Waals surface area contributed by atoms with E-state index in [9.17, 15) is 4.79 Å². The summed E-state index contributed by atoms with van der Waals surface area (Å²) in [5.41, 5.74) is 2.35. The number of pyridine rings is 1. The van der Waals surface area contributed by atoms with Crippen molar-refractivity contribution in [3.8, 4) is 5.82 Å². The molecular weight excluding hydrogens is 376 g/mol. The molecule has 7 nitrogen and oxygen atoms in total. The highest BCUT2D eigenvalue weighted by molar-refractivity contribution is 6.31. The number of halogens is 1. The van der Waals surface area contributed by atoms with Gasteiger partial charge in [-0.1, -0.05) is 35.9 Å². The highest BCUT2D eigenvalue weighted by Crippen LogP contribution is 2.16. The molecule has 0 unspecified atom stereocenters. The molecule has 1 N–H and O–H groups in total. The van der Waals surface area contributed by atoms with Gasteiger partial charge < -0.3 is 5.32 Å². The van der Waals surface area contributed by atoms with Crippen LogP contribution in [0.1, 0.15) is 21.5 Å². The Kier molecular flexibility index (Phi) is 5.16. The van der Waals surface area contributed by atoms with Gasteiger partial charge in [0, 0.05) is 36.4 Å². The maximum absolute atomic E-state index is 12.4. The van der Waals surface area contributed by atoms with Crippen molar-refractivity contribution in [1.29, 1.82) is 0 Å².